The second kappa shape index (κ2) is 6.40. The van der Waals surface area contributed by atoms with E-state index in [1.807, 2.05) is 0 Å². The lowest BCUT2D eigenvalue weighted by Crippen LogP contribution is -2.34. The normalized spacial score (nSPS) is 24.4. The van der Waals surface area contributed by atoms with E-state index in [0.717, 1.165) is 25.3 Å². The molecule has 106 valence electrons. The van der Waals surface area contributed by atoms with Crippen molar-refractivity contribution in [3.05, 3.63) is 29.3 Å². The molecule has 3 nitrogen and oxygen atoms in total. The Morgan fingerprint density at radius 1 is 1.47 bits per heavy atom. The van der Waals surface area contributed by atoms with Crippen molar-refractivity contribution in [1.29, 1.82) is 0 Å². The van der Waals surface area contributed by atoms with Crippen LogP contribution in [0.3, 0.4) is 0 Å². The third-order valence-electron chi connectivity index (χ3n) is 3.97. The number of nitrogens with one attached hydrogen (secondary N) is 1. The number of hydrogen-bond acceptors (Lipinski definition) is 3. The summed E-state index contributed by atoms with van der Waals surface area (Å²) in [6, 6.07) is 6.68. The van der Waals surface area contributed by atoms with E-state index in [0.29, 0.717) is 5.92 Å². The summed E-state index contributed by atoms with van der Waals surface area (Å²) in [5.74, 6) is 1.55. The van der Waals surface area contributed by atoms with Crippen molar-refractivity contribution in [1.82, 2.24) is 5.32 Å². The predicted octanol–water partition coefficient (Wildman–Crippen LogP) is 3.08. The minimum Gasteiger partial charge on any atom is -0.496 e. The van der Waals surface area contributed by atoms with Crippen LogP contribution in [0.15, 0.2) is 18.2 Å². The van der Waals surface area contributed by atoms with Gasteiger partial charge in [-0.1, -0.05) is 26.0 Å². The summed E-state index contributed by atoms with van der Waals surface area (Å²) in [5.41, 5.74) is 2.47. The Kier molecular flexibility index (Phi) is 4.83. The van der Waals surface area contributed by atoms with E-state index in [1.165, 1.54) is 11.1 Å². The largest absolute Gasteiger partial charge is 0.496 e. The predicted molar refractivity (Wildman–Crippen MR) is 77.7 cm³/mol. The molecule has 0 aliphatic carbocycles. The van der Waals surface area contributed by atoms with Gasteiger partial charge in [-0.05, 0) is 43.0 Å². The van der Waals surface area contributed by atoms with Crippen molar-refractivity contribution in [2.24, 2.45) is 5.92 Å². The van der Waals surface area contributed by atoms with Crippen LogP contribution in [0, 0.1) is 12.8 Å². The van der Waals surface area contributed by atoms with Crippen LogP contribution in [0.4, 0.5) is 0 Å². The van der Waals surface area contributed by atoms with Crippen LogP contribution in [-0.4, -0.2) is 26.4 Å². The minimum atomic E-state index is 0.270. The molecule has 1 aliphatic heterocycles. The van der Waals surface area contributed by atoms with Gasteiger partial charge in [0.25, 0.3) is 0 Å². The molecule has 2 rings (SSSR count). The van der Waals surface area contributed by atoms with Crippen LogP contribution in [0.1, 0.15) is 37.4 Å². The van der Waals surface area contributed by atoms with Gasteiger partial charge in [0, 0.05) is 6.61 Å². The fourth-order valence-electron chi connectivity index (χ4n) is 2.88. The fraction of sp³-hybridized carbons (Fsp3) is 0.625. The number of ether oxygens (including phenoxy) is 2. The molecule has 3 atom stereocenters. The van der Waals surface area contributed by atoms with Crippen LogP contribution in [0.5, 0.6) is 5.75 Å². The van der Waals surface area contributed by atoms with Gasteiger partial charge < -0.3 is 14.8 Å². The van der Waals surface area contributed by atoms with Crippen LogP contribution < -0.4 is 10.1 Å². The summed E-state index contributed by atoms with van der Waals surface area (Å²) in [6.07, 6.45) is 1.43. The Morgan fingerprint density at radius 2 is 2.26 bits per heavy atom. The lowest BCUT2D eigenvalue weighted by molar-refractivity contribution is 0.0612. The van der Waals surface area contributed by atoms with Crippen molar-refractivity contribution < 1.29 is 9.47 Å². The molecule has 1 aromatic carbocycles. The molecule has 0 amide bonds. The van der Waals surface area contributed by atoms with Crippen molar-refractivity contribution in [2.45, 2.75) is 39.3 Å². The van der Waals surface area contributed by atoms with E-state index in [-0.39, 0.29) is 12.1 Å². The second-order valence-electron chi connectivity index (χ2n) is 5.37. The Hall–Kier alpha value is -1.06. The number of benzene rings is 1. The molecule has 0 radical (unpaired) electrons. The van der Waals surface area contributed by atoms with Gasteiger partial charge in [0.15, 0.2) is 0 Å². The van der Waals surface area contributed by atoms with Gasteiger partial charge in [0.1, 0.15) is 5.75 Å². The van der Waals surface area contributed by atoms with Crippen LogP contribution in [0.25, 0.3) is 0 Å². The molecule has 1 aliphatic rings. The smallest absolute Gasteiger partial charge is 0.121 e. The quantitative estimate of drug-likeness (QED) is 0.885. The minimum absolute atomic E-state index is 0.270. The SMILES string of the molecule is CCNC(c1ccc(OC)c(C)c1)C1OCCC1C. The highest BCUT2D eigenvalue weighted by Gasteiger charge is 2.32. The highest BCUT2D eigenvalue weighted by atomic mass is 16.5. The maximum atomic E-state index is 5.94. The lowest BCUT2D eigenvalue weighted by Gasteiger charge is -2.27. The van der Waals surface area contributed by atoms with Gasteiger partial charge in [-0.2, -0.15) is 0 Å². The zero-order valence-electron chi connectivity index (χ0n) is 12.4. The van der Waals surface area contributed by atoms with Crippen molar-refractivity contribution >= 4 is 0 Å². The van der Waals surface area contributed by atoms with Crippen LogP contribution in [0.2, 0.25) is 0 Å². The van der Waals surface area contributed by atoms with Gasteiger partial charge in [-0.25, -0.2) is 0 Å². The number of aryl methyl sites for hydroxylation is 1. The third kappa shape index (κ3) is 3.10. The van der Waals surface area contributed by atoms with E-state index in [9.17, 15) is 0 Å². The first-order chi connectivity index (χ1) is 9.17. The van der Waals surface area contributed by atoms with E-state index in [4.69, 9.17) is 9.47 Å². The molecular formula is C16H25NO2. The van der Waals surface area contributed by atoms with Crippen molar-refractivity contribution in [3.63, 3.8) is 0 Å². The zero-order valence-corrected chi connectivity index (χ0v) is 12.4. The van der Waals surface area contributed by atoms with E-state index >= 15 is 0 Å². The molecule has 1 N–H and O–H groups in total. The summed E-state index contributed by atoms with van der Waals surface area (Å²) in [5, 5.41) is 3.57. The van der Waals surface area contributed by atoms with Crippen molar-refractivity contribution in [3.8, 4) is 5.75 Å². The maximum Gasteiger partial charge on any atom is 0.121 e. The first kappa shape index (κ1) is 14.4. The average Bonchev–Trinajstić information content (AvgIpc) is 2.82. The molecule has 0 bridgehead atoms. The molecule has 19 heavy (non-hydrogen) atoms. The summed E-state index contributed by atoms with van der Waals surface area (Å²) < 4.78 is 11.3. The molecule has 0 aromatic heterocycles. The topological polar surface area (TPSA) is 30.5 Å². The summed E-state index contributed by atoms with van der Waals surface area (Å²) >= 11 is 0. The Balaban J connectivity index is 2.25. The Bertz CT molecular complexity index is 419. The third-order valence-corrected chi connectivity index (χ3v) is 3.97. The second-order valence-corrected chi connectivity index (χ2v) is 5.37. The maximum absolute atomic E-state index is 5.94. The van der Waals surface area contributed by atoms with Gasteiger partial charge in [-0.15, -0.1) is 0 Å². The highest BCUT2D eigenvalue weighted by molar-refractivity contribution is 5.37. The lowest BCUT2D eigenvalue weighted by atomic mass is 9.91. The molecule has 3 heteroatoms. The van der Waals surface area contributed by atoms with Crippen molar-refractivity contribution in [2.75, 3.05) is 20.3 Å². The molecular weight excluding hydrogens is 238 g/mol. The molecule has 3 unspecified atom stereocenters. The van der Waals surface area contributed by atoms with Gasteiger partial charge in [0.05, 0.1) is 19.3 Å². The summed E-state index contributed by atoms with van der Waals surface area (Å²) in [6.45, 7) is 8.33. The summed E-state index contributed by atoms with van der Waals surface area (Å²) in [7, 11) is 1.71. The Morgan fingerprint density at radius 3 is 2.79 bits per heavy atom. The Labute approximate surface area is 116 Å². The van der Waals surface area contributed by atoms with Crippen LogP contribution in [-0.2, 0) is 4.74 Å². The first-order valence-electron chi connectivity index (χ1n) is 7.17. The molecule has 0 spiro atoms. The fourth-order valence-corrected chi connectivity index (χ4v) is 2.88. The monoisotopic (exact) mass is 263 g/mol. The van der Waals surface area contributed by atoms with Gasteiger partial charge in [0.2, 0.25) is 0 Å². The molecule has 1 heterocycles. The average molecular weight is 263 g/mol. The molecule has 1 saturated heterocycles. The number of methoxy groups -OCH3 is 1. The molecule has 1 fully saturated rings. The standard InChI is InChI=1S/C16H25NO2/c1-5-17-15(16-11(2)8-9-19-16)13-6-7-14(18-4)12(3)10-13/h6-7,10-11,15-17H,5,8-9H2,1-4H3. The zero-order chi connectivity index (χ0) is 13.8. The van der Waals surface area contributed by atoms with Gasteiger partial charge in [-0.3, -0.25) is 0 Å². The van der Waals surface area contributed by atoms with E-state index in [1.54, 1.807) is 7.11 Å². The molecule has 1 aromatic rings. The number of rotatable bonds is 5. The van der Waals surface area contributed by atoms with Gasteiger partial charge >= 0.3 is 0 Å². The highest BCUT2D eigenvalue weighted by Crippen LogP contribution is 2.33. The van der Waals surface area contributed by atoms with E-state index < -0.39 is 0 Å². The number of likely N-dealkylation sites (N-methyl/N-ethyl adjacent to an activating group) is 1. The first-order valence-corrected chi connectivity index (χ1v) is 7.17. The molecule has 0 saturated carbocycles. The van der Waals surface area contributed by atoms with Crippen LogP contribution >= 0.6 is 0 Å². The number of hydrogen-bond donors (Lipinski definition) is 1. The van der Waals surface area contributed by atoms with E-state index in [2.05, 4.69) is 44.3 Å². The summed E-state index contributed by atoms with van der Waals surface area (Å²) in [4.78, 5) is 0.